The van der Waals surface area contributed by atoms with Gasteiger partial charge in [-0.1, -0.05) is 40.0 Å². The van der Waals surface area contributed by atoms with E-state index in [9.17, 15) is 0 Å². The largest absolute Gasteiger partial charge is 1.00 e. The molecule has 0 spiro atoms. The predicted octanol–water partition coefficient (Wildman–Crippen LogP) is -0.256. The van der Waals surface area contributed by atoms with E-state index >= 15 is 0 Å². The maximum absolute atomic E-state index is 3.45. The summed E-state index contributed by atoms with van der Waals surface area (Å²) in [7, 11) is 0. The van der Waals surface area contributed by atoms with Gasteiger partial charge in [-0.2, -0.15) is 17.2 Å². The fraction of sp³-hybridized carbons (Fsp3) is 0.556. The molecule has 0 bridgehead atoms. The first-order valence-corrected chi connectivity index (χ1v) is 15.5. The number of allylic oxidation sites excluding steroid dienone is 8. The van der Waals surface area contributed by atoms with Crippen molar-refractivity contribution in [2.75, 3.05) is 0 Å². The number of halogens is 2. The third kappa shape index (κ3) is 13.1. The normalized spacial score (nSPS) is 14.0. The zero-order chi connectivity index (χ0) is 15.4. The second-order valence-corrected chi connectivity index (χ2v) is 17.8. The van der Waals surface area contributed by atoms with Gasteiger partial charge in [-0.25, -0.2) is 17.7 Å². The van der Waals surface area contributed by atoms with Gasteiger partial charge in [0, 0.05) is 0 Å². The maximum atomic E-state index is 3.45. The SMILES string of the molecule is CCC1=[C-]CC(CC)=C1CC.C[Si](C)=[Hf+2].[C-]1=CC=CC1.[Cl-].[Cl-]. The summed E-state index contributed by atoms with van der Waals surface area (Å²) in [4.78, 5) is 0. The van der Waals surface area contributed by atoms with Gasteiger partial charge in [0.1, 0.15) is 0 Å². The molecule has 22 heavy (non-hydrogen) atoms. The Morgan fingerprint density at radius 1 is 1.09 bits per heavy atom. The number of rotatable bonds is 3. The van der Waals surface area contributed by atoms with E-state index in [1.807, 2.05) is 12.2 Å². The van der Waals surface area contributed by atoms with Gasteiger partial charge in [-0.15, -0.1) is 12.8 Å². The van der Waals surface area contributed by atoms with E-state index in [1.54, 1.807) is 11.1 Å². The minimum atomic E-state index is 0. The number of hydrogen-bond donors (Lipinski definition) is 0. The molecule has 0 amide bonds. The molecule has 0 radical (unpaired) electrons. The number of hydrogen-bond acceptors (Lipinski definition) is 0. The van der Waals surface area contributed by atoms with Gasteiger partial charge in [0.15, 0.2) is 0 Å². The summed E-state index contributed by atoms with van der Waals surface area (Å²) in [5.74, 6) is 0. The van der Waals surface area contributed by atoms with Crippen molar-refractivity contribution < 1.29 is 47.8 Å². The van der Waals surface area contributed by atoms with Gasteiger partial charge in [0.05, 0.1) is 0 Å². The van der Waals surface area contributed by atoms with Crippen molar-refractivity contribution in [3.63, 3.8) is 0 Å². The molecule has 0 heterocycles. The second-order valence-electron chi connectivity index (χ2n) is 4.98. The van der Waals surface area contributed by atoms with Crippen molar-refractivity contribution in [1.29, 1.82) is 0 Å². The van der Waals surface area contributed by atoms with Gasteiger partial charge in [0.2, 0.25) is 0 Å². The van der Waals surface area contributed by atoms with Crippen LogP contribution in [0.4, 0.5) is 0 Å². The molecule has 2 aliphatic rings. The Kier molecular flexibility index (Phi) is 22.4. The van der Waals surface area contributed by atoms with E-state index in [-0.39, 0.29) is 30.3 Å². The van der Waals surface area contributed by atoms with Crippen LogP contribution in [0.3, 0.4) is 0 Å². The van der Waals surface area contributed by atoms with Crippen LogP contribution in [0, 0.1) is 12.2 Å². The Bertz CT molecular complexity index is 407. The molecule has 0 aromatic carbocycles. The molecule has 4 heteroatoms. The van der Waals surface area contributed by atoms with Crippen LogP contribution in [0.2, 0.25) is 13.1 Å². The molecule has 0 atom stereocenters. The van der Waals surface area contributed by atoms with Crippen molar-refractivity contribution >= 4 is 5.49 Å². The van der Waals surface area contributed by atoms with Gasteiger partial charge in [-0.05, 0) is 0 Å². The fourth-order valence-corrected chi connectivity index (χ4v) is 2.12. The van der Waals surface area contributed by atoms with Crippen LogP contribution < -0.4 is 24.8 Å². The molecule has 0 fully saturated rings. The maximum Gasteiger partial charge on any atom is -0.109 e. The molecule has 2 aliphatic carbocycles. The molecule has 2 rings (SSSR count). The Morgan fingerprint density at radius 3 is 1.95 bits per heavy atom. The van der Waals surface area contributed by atoms with Crippen LogP contribution in [0.15, 0.2) is 34.9 Å². The molecule has 0 saturated heterocycles. The third-order valence-corrected chi connectivity index (χ3v) is 3.03. The standard InChI is InChI=1S/C11H17.C5H5.C2H6Si.2ClH.Hf/c1-4-9-7-8-10(5-2)11(9)6-3;1-2-4-5-3-1;1-3-2;;;/h4-7H2,1-3H3;1-3H,4H2;1-2H3;2*1H;/q2*-1;;;;+2/p-2. The van der Waals surface area contributed by atoms with Crippen molar-refractivity contribution in [2.45, 2.75) is 66.0 Å². The fourth-order valence-electron chi connectivity index (χ4n) is 2.12. The molecule has 0 unspecified atom stereocenters. The second kappa shape index (κ2) is 18.0. The van der Waals surface area contributed by atoms with E-state index in [0.717, 1.165) is 19.3 Å². The van der Waals surface area contributed by atoms with Crippen LogP contribution in [0.5, 0.6) is 0 Å². The van der Waals surface area contributed by atoms with Crippen molar-refractivity contribution in [3.05, 3.63) is 47.1 Å². The molecule has 0 saturated carbocycles. The van der Waals surface area contributed by atoms with Crippen LogP contribution in [0.25, 0.3) is 0 Å². The summed E-state index contributed by atoms with van der Waals surface area (Å²) < 4.78 is 0. The minimum absolute atomic E-state index is 0. The summed E-state index contributed by atoms with van der Waals surface area (Å²) >= 11 is 1.45. The molecule has 124 valence electrons. The van der Waals surface area contributed by atoms with Crippen molar-refractivity contribution in [1.82, 2.24) is 0 Å². The summed E-state index contributed by atoms with van der Waals surface area (Å²) in [6, 6.07) is 0. The predicted molar refractivity (Wildman–Crippen MR) is 88.3 cm³/mol. The van der Waals surface area contributed by atoms with E-state index in [2.05, 4.69) is 52.1 Å². The van der Waals surface area contributed by atoms with Crippen molar-refractivity contribution in [3.8, 4) is 0 Å². The molecule has 0 aromatic rings. The van der Waals surface area contributed by atoms with E-state index < -0.39 is 0 Å². The molecular weight excluding hydrogens is 494 g/mol. The molecule has 0 nitrogen and oxygen atoms in total. The van der Waals surface area contributed by atoms with Gasteiger partial charge >= 0.3 is 41.6 Å². The summed E-state index contributed by atoms with van der Waals surface area (Å²) in [5, 5.41) is 0. The smallest absolute Gasteiger partial charge is 0.109 e. The summed E-state index contributed by atoms with van der Waals surface area (Å²) in [6.45, 7) is 11.4. The van der Waals surface area contributed by atoms with E-state index in [4.69, 9.17) is 0 Å². The van der Waals surface area contributed by atoms with E-state index in [1.165, 1.54) is 41.4 Å². The average Bonchev–Trinajstić information content (AvgIpc) is 3.09. The summed E-state index contributed by atoms with van der Waals surface area (Å²) in [5.41, 5.74) is 4.94. The first-order valence-electron chi connectivity index (χ1n) is 7.61. The van der Waals surface area contributed by atoms with Crippen LogP contribution in [0.1, 0.15) is 52.9 Å². The topological polar surface area (TPSA) is 0 Å². The summed E-state index contributed by atoms with van der Waals surface area (Å²) in [6.07, 6.45) is 18.1. The Balaban J connectivity index is -0.000000278. The zero-order valence-corrected chi connectivity index (χ0v) is 20.6. The zero-order valence-electron chi connectivity index (χ0n) is 14.5. The molecule has 0 aromatic heterocycles. The Hall–Kier alpha value is 0.627. The Labute approximate surface area is 165 Å². The molecule has 0 N–H and O–H groups in total. The third-order valence-electron chi connectivity index (χ3n) is 3.03. The van der Waals surface area contributed by atoms with Crippen LogP contribution in [-0.4, -0.2) is 5.49 Å². The molecule has 0 aliphatic heterocycles. The van der Waals surface area contributed by atoms with E-state index in [0.29, 0.717) is 0 Å². The monoisotopic (exact) mass is 522 g/mol. The van der Waals surface area contributed by atoms with Gasteiger partial charge < -0.3 is 24.8 Å². The molecular formula is C18H28Cl2HfSi-2. The minimum Gasteiger partial charge on any atom is -1.00 e. The average molecular weight is 522 g/mol. The first-order chi connectivity index (χ1) is 9.56. The first kappa shape index (κ1) is 27.5. The van der Waals surface area contributed by atoms with Gasteiger partial charge in [-0.3, -0.25) is 12.2 Å². The van der Waals surface area contributed by atoms with Crippen molar-refractivity contribution in [2.24, 2.45) is 0 Å². The van der Waals surface area contributed by atoms with Crippen LogP contribution >= 0.6 is 0 Å². The van der Waals surface area contributed by atoms with Crippen LogP contribution in [-0.2, 0) is 23.0 Å². The Morgan fingerprint density at radius 2 is 1.68 bits per heavy atom. The van der Waals surface area contributed by atoms with Gasteiger partial charge in [0.25, 0.3) is 0 Å². The quantitative estimate of drug-likeness (QED) is 0.355.